The molecule has 2 aromatic heterocycles. The monoisotopic (exact) mass is 327 g/mol. The fourth-order valence-corrected chi connectivity index (χ4v) is 3.07. The number of nitrogens with one attached hydrogen (secondary N) is 1. The lowest BCUT2D eigenvalue weighted by atomic mass is 10.4. The van der Waals surface area contributed by atoms with Gasteiger partial charge in [0.1, 0.15) is 10.6 Å². The second kappa shape index (κ2) is 6.46. The van der Waals surface area contributed by atoms with Crippen LogP contribution in [0, 0.1) is 4.91 Å². The second-order valence-corrected chi connectivity index (χ2v) is 5.52. The molecule has 0 fully saturated rings. The van der Waals surface area contributed by atoms with Gasteiger partial charge in [0, 0.05) is 6.07 Å². The second-order valence-electron chi connectivity index (χ2n) is 3.69. The zero-order chi connectivity index (χ0) is 15.4. The number of carbonyl (C=O) groups excluding carboxylic acids is 2. The van der Waals surface area contributed by atoms with Gasteiger partial charge in [0.25, 0.3) is 0 Å². The number of nitrogens with zero attached hydrogens (tertiary/aromatic N) is 1. The van der Waals surface area contributed by atoms with Crippen molar-refractivity contribution in [1.29, 1.82) is 0 Å². The molecule has 7 nitrogen and oxygen atoms in total. The van der Waals surface area contributed by atoms with Gasteiger partial charge < -0.3 is 9.47 Å². The van der Waals surface area contributed by atoms with E-state index in [1.807, 2.05) is 0 Å². The van der Waals surface area contributed by atoms with E-state index in [0.29, 0.717) is 10.6 Å². The normalized spacial score (nSPS) is 10.0. The lowest BCUT2D eigenvalue weighted by Gasteiger charge is -1.99. The lowest BCUT2D eigenvalue weighted by Crippen LogP contribution is -2.14. The Hall–Kier alpha value is -2.26. The van der Waals surface area contributed by atoms with E-state index >= 15 is 0 Å². The zero-order valence-corrected chi connectivity index (χ0v) is 12.7. The van der Waals surface area contributed by atoms with Crippen LogP contribution in [0.3, 0.4) is 0 Å². The van der Waals surface area contributed by atoms with Crippen molar-refractivity contribution >= 4 is 46.0 Å². The number of rotatable bonds is 5. The maximum Gasteiger partial charge on any atom is 0.355 e. The summed E-state index contributed by atoms with van der Waals surface area (Å²) >= 11 is 2.24. The van der Waals surface area contributed by atoms with E-state index < -0.39 is 11.9 Å². The van der Waals surface area contributed by atoms with Gasteiger partial charge in [-0.05, 0) is 16.8 Å². The van der Waals surface area contributed by atoms with Gasteiger partial charge in [0.2, 0.25) is 0 Å². The fraction of sp³-hybridized carbons (Fsp3) is 0.167. The summed E-state index contributed by atoms with van der Waals surface area (Å²) in [4.78, 5) is 36.1. The first-order valence-corrected chi connectivity index (χ1v) is 7.40. The van der Waals surface area contributed by atoms with Crippen LogP contribution in [0.15, 0.2) is 22.9 Å². The summed E-state index contributed by atoms with van der Waals surface area (Å²) in [6.45, 7) is 0. The predicted octanol–water partition coefficient (Wildman–Crippen LogP) is 2.82. The Bertz CT molecular complexity index is 691. The molecule has 9 heteroatoms. The minimum absolute atomic E-state index is 0.119. The van der Waals surface area contributed by atoms with Crippen molar-refractivity contribution in [2.75, 3.05) is 19.6 Å². The molecular formula is C12H11N2O5S2+. The number of nitroso groups, excluding NO2 is 1. The van der Waals surface area contributed by atoms with Gasteiger partial charge in [-0.3, -0.25) is 0 Å². The number of hydrogen-bond acceptors (Lipinski definition) is 7. The van der Waals surface area contributed by atoms with Gasteiger partial charge >= 0.3 is 17.6 Å². The highest BCUT2D eigenvalue weighted by atomic mass is 32.1. The number of hydrazine groups is 1. The van der Waals surface area contributed by atoms with Crippen LogP contribution in [-0.4, -0.2) is 31.0 Å². The molecule has 0 saturated carbocycles. The number of ether oxygens (including phenoxy) is 2. The van der Waals surface area contributed by atoms with E-state index in [9.17, 15) is 14.5 Å². The molecule has 2 heterocycles. The van der Waals surface area contributed by atoms with E-state index in [1.165, 1.54) is 20.3 Å². The predicted molar refractivity (Wildman–Crippen MR) is 78.2 cm³/mol. The Kier molecular flexibility index (Phi) is 4.66. The number of carbonyl (C=O) groups is 2. The van der Waals surface area contributed by atoms with Crippen molar-refractivity contribution in [3.63, 3.8) is 0 Å². The SMILES string of the molecule is COC(=O)c1sccc1N[N+](=O)c1ccsc1C(=O)OC. The molecule has 0 aromatic carbocycles. The Labute approximate surface area is 127 Å². The molecule has 0 amide bonds. The molecule has 2 aromatic rings. The number of esters is 2. The van der Waals surface area contributed by atoms with Crippen LogP contribution >= 0.6 is 22.7 Å². The van der Waals surface area contributed by atoms with E-state index in [0.717, 1.165) is 22.7 Å². The molecule has 0 saturated heterocycles. The van der Waals surface area contributed by atoms with Crippen LogP contribution in [0.1, 0.15) is 19.3 Å². The minimum atomic E-state index is -0.596. The van der Waals surface area contributed by atoms with Gasteiger partial charge in [0.15, 0.2) is 9.75 Å². The van der Waals surface area contributed by atoms with Crippen molar-refractivity contribution < 1.29 is 23.9 Å². The Balaban J connectivity index is 2.24. The smallest absolute Gasteiger partial charge is 0.355 e. The third-order valence-electron chi connectivity index (χ3n) is 2.49. The summed E-state index contributed by atoms with van der Waals surface area (Å²) in [5.74, 6) is -1.14. The van der Waals surface area contributed by atoms with Gasteiger partial charge in [0.05, 0.1) is 19.1 Å². The molecule has 110 valence electrons. The summed E-state index contributed by atoms with van der Waals surface area (Å²) < 4.78 is 9.23. The van der Waals surface area contributed by atoms with E-state index in [2.05, 4.69) is 14.9 Å². The summed E-state index contributed by atoms with van der Waals surface area (Å²) in [6, 6.07) is 3.06. The van der Waals surface area contributed by atoms with Crippen LogP contribution in [0.4, 0.5) is 11.4 Å². The third kappa shape index (κ3) is 3.09. The molecule has 2 rings (SSSR count). The summed E-state index contributed by atoms with van der Waals surface area (Å²) in [5.41, 5.74) is 2.94. The van der Waals surface area contributed by atoms with Crippen LogP contribution in [0.2, 0.25) is 0 Å². The molecule has 0 aliphatic rings. The lowest BCUT2D eigenvalue weighted by molar-refractivity contribution is -0.427. The molecular weight excluding hydrogens is 316 g/mol. The number of methoxy groups -OCH3 is 2. The first kappa shape index (κ1) is 15.1. The molecule has 0 spiro atoms. The van der Waals surface area contributed by atoms with Crippen molar-refractivity contribution in [3.8, 4) is 0 Å². The number of thiophene rings is 2. The summed E-state index contributed by atoms with van der Waals surface area (Å²) in [5, 5.41) is 3.25. The van der Waals surface area contributed by atoms with E-state index in [-0.39, 0.29) is 15.4 Å². The standard InChI is InChI=1S/C12H10N2O5S2/c1-18-11(15)9-7(3-5-20-9)13-14(17)8-4-6-21-10(8)12(16)19-2/h3-6H,1-2H3/p+1. The average molecular weight is 327 g/mol. The first-order chi connectivity index (χ1) is 10.1. The fourth-order valence-electron chi connectivity index (χ4n) is 1.53. The molecule has 0 bridgehead atoms. The molecule has 0 aliphatic heterocycles. The molecule has 0 unspecified atom stereocenters. The first-order valence-electron chi connectivity index (χ1n) is 5.64. The average Bonchev–Trinajstić information content (AvgIpc) is 3.14. The van der Waals surface area contributed by atoms with Gasteiger partial charge in [-0.25, -0.2) is 9.59 Å². The number of anilines is 1. The van der Waals surface area contributed by atoms with Crippen LogP contribution in [-0.2, 0) is 9.47 Å². The van der Waals surface area contributed by atoms with Crippen molar-refractivity contribution in [2.24, 2.45) is 0 Å². The van der Waals surface area contributed by atoms with Crippen LogP contribution in [0.25, 0.3) is 0 Å². The van der Waals surface area contributed by atoms with E-state index in [1.54, 1.807) is 16.8 Å². The summed E-state index contributed by atoms with van der Waals surface area (Å²) in [6.07, 6.45) is 0. The maximum atomic E-state index is 12.1. The molecule has 0 atom stereocenters. The Morgan fingerprint density at radius 3 is 2.29 bits per heavy atom. The minimum Gasteiger partial charge on any atom is -0.465 e. The van der Waals surface area contributed by atoms with Crippen molar-refractivity contribution in [1.82, 2.24) is 0 Å². The van der Waals surface area contributed by atoms with Gasteiger partial charge in [-0.1, -0.05) is 0 Å². The maximum absolute atomic E-state index is 12.1. The molecule has 0 aliphatic carbocycles. The Morgan fingerprint density at radius 1 is 1.05 bits per heavy atom. The van der Waals surface area contributed by atoms with Crippen molar-refractivity contribution in [3.05, 3.63) is 37.6 Å². The molecule has 0 radical (unpaired) electrons. The quantitative estimate of drug-likeness (QED) is 0.516. The summed E-state index contributed by atoms with van der Waals surface area (Å²) in [7, 11) is 2.50. The van der Waals surface area contributed by atoms with Crippen LogP contribution < -0.4 is 5.43 Å². The largest absolute Gasteiger partial charge is 0.465 e. The highest BCUT2D eigenvalue weighted by Crippen LogP contribution is 2.28. The van der Waals surface area contributed by atoms with Crippen LogP contribution in [0.5, 0.6) is 0 Å². The Morgan fingerprint density at radius 2 is 1.62 bits per heavy atom. The highest BCUT2D eigenvalue weighted by molar-refractivity contribution is 7.12. The highest BCUT2D eigenvalue weighted by Gasteiger charge is 2.28. The zero-order valence-electron chi connectivity index (χ0n) is 11.1. The molecule has 21 heavy (non-hydrogen) atoms. The van der Waals surface area contributed by atoms with Crippen molar-refractivity contribution in [2.45, 2.75) is 0 Å². The molecule has 1 N–H and O–H groups in total. The topological polar surface area (TPSA) is 84.7 Å². The third-order valence-corrected chi connectivity index (χ3v) is 4.27. The van der Waals surface area contributed by atoms with Gasteiger partial charge in [-0.15, -0.1) is 28.1 Å². The van der Waals surface area contributed by atoms with Gasteiger partial charge in [-0.2, -0.15) is 0 Å². The number of hydrogen-bond donors (Lipinski definition) is 1. The van der Waals surface area contributed by atoms with E-state index in [4.69, 9.17) is 0 Å².